The lowest BCUT2D eigenvalue weighted by atomic mass is 10.1. The Morgan fingerprint density at radius 3 is 2.90 bits per heavy atom. The SMILES string of the molecule is Cc1cc(-n2ccnc2C#N)c2cc([N+](=O)[O-])ccc2n1. The molecule has 0 saturated carbocycles. The van der Waals surface area contributed by atoms with E-state index in [9.17, 15) is 10.1 Å². The second-order valence-corrected chi connectivity index (χ2v) is 4.47. The monoisotopic (exact) mass is 279 g/mol. The number of nitrogens with zero attached hydrogens (tertiary/aromatic N) is 5. The molecule has 3 aromatic rings. The zero-order valence-corrected chi connectivity index (χ0v) is 11.0. The van der Waals surface area contributed by atoms with Gasteiger partial charge in [0.2, 0.25) is 5.82 Å². The molecule has 3 rings (SSSR count). The van der Waals surface area contributed by atoms with Crippen LogP contribution in [0.1, 0.15) is 11.5 Å². The Balaban J connectivity index is 2.38. The van der Waals surface area contributed by atoms with Gasteiger partial charge in [-0.25, -0.2) is 4.98 Å². The fraction of sp³-hybridized carbons (Fsp3) is 0.0714. The summed E-state index contributed by atoms with van der Waals surface area (Å²) in [6.07, 6.45) is 3.16. The van der Waals surface area contributed by atoms with Crippen molar-refractivity contribution in [3.05, 3.63) is 58.3 Å². The minimum Gasteiger partial charge on any atom is -0.291 e. The van der Waals surface area contributed by atoms with Crippen LogP contribution >= 0.6 is 0 Å². The number of nitro groups is 1. The Labute approximate surface area is 119 Å². The molecule has 21 heavy (non-hydrogen) atoms. The summed E-state index contributed by atoms with van der Waals surface area (Å²) in [6, 6.07) is 8.24. The van der Waals surface area contributed by atoms with Crippen molar-refractivity contribution in [2.24, 2.45) is 0 Å². The number of rotatable bonds is 2. The molecule has 0 unspecified atom stereocenters. The maximum atomic E-state index is 10.9. The van der Waals surface area contributed by atoms with Crippen molar-refractivity contribution >= 4 is 16.6 Å². The van der Waals surface area contributed by atoms with Gasteiger partial charge in [0.1, 0.15) is 6.07 Å². The molecule has 0 aliphatic carbocycles. The van der Waals surface area contributed by atoms with Gasteiger partial charge >= 0.3 is 0 Å². The van der Waals surface area contributed by atoms with Crippen LogP contribution in [-0.4, -0.2) is 19.5 Å². The highest BCUT2D eigenvalue weighted by atomic mass is 16.6. The number of nitriles is 1. The molecule has 2 heterocycles. The molecule has 0 aliphatic rings. The molecule has 0 spiro atoms. The number of imidazole rings is 1. The number of pyridine rings is 1. The quantitative estimate of drug-likeness (QED) is 0.530. The third kappa shape index (κ3) is 2.08. The highest BCUT2D eigenvalue weighted by Crippen LogP contribution is 2.26. The number of hydrogen-bond acceptors (Lipinski definition) is 5. The molecule has 7 heteroatoms. The molecule has 0 N–H and O–H groups in total. The van der Waals surface area contributed by atoms with Gasteiger partial charge in [-0.3, -0.25) is 19.7 Å². The average Bonchev–Trinajstić information content (AvgIpc) is 2.94. The van der Waals surface area contributed by atoms with Crippen LogP contribution in [0.25, 0.3) is 16.6 Å². The maximum Gasteiger partial charge on any atom is 0.270 e. The first kappa shape index (κ1) is 12.7. The Hall–Kier alpha value is -3.27. The lowest BCUT2D eigenvalue weighted by Crippen LogP contribution is -2.00. The molecule has 1 aromatic carbocycles. The van der Waals surface area contributed by atoms with Crippen LogP contribution in [0, 0.1) is 28.4 Å². The van der Waals surface area contributed by atoms with Crippen LogP contribution in [0.15, 0.2) is 36.7 Å². The van der Waals surface area contributed by atoms with E-state index in [1.807, 2.05) is 13.0 Å². The average molecular weight is 279 g/mol. The fourth-order valence-corrected chi connectivity index (χ4v) is 2.22. The predicted molar refractivity (Wildman–Crippen MR) is 75.0 cm³/mol. The highest BCUT2D eigenvalue weighted by Gasteiger charge is 2.13. The molecule has 2 aromatic heterocycles. The number of fused-ring (bicyclic) bond motifs is 1. The number of aromatic nitrogens is 3. The van der Waals surface area contributed by atoms with Crippen molar-refractivity contribution in [2.75, 3.05) is 0 Å². The predicted octanol–water partition coefficient (Wildman–Crippen LogP) is 2.51. The number of hydrogen-bond donors (Lipinski definition) is 0. The summed E-state index contributed by atoms with van der Waals surface area (Å²) in [7, 11) is 0. The summed E-state index contributed by atoms with van der Waals surface area (Å²) < 4.78 is 1.60. The summed E-state index contributed by atoms with van der Waals surface area (Å²) in [6.45, 7) is 1.83. The van der Waals surface area contributed by atoms with E-state index in [0.29, 0.717) is 16.6 Å². The van der Waals surface area contributed by atoms with Crippen LogP contribution in [0.2, 0.25) is 0 Å². The van der Waals surface area contributed by atoms with Gasteiger partial charge in [-0.1, -0.05) is 0 Å². The molecule has 0 saturated heterocycles. The molecule has 0 atom stereocenters. The van der Waals surface area contributed by atoms with E-state index in [4.69, 9.17) is 5.26 Å². The number of non-ortho nitro benzene ring substituents is 1. The lowest BCUT2D eigenvalue weighted by molar-refractivity contribution is -0.384. The zero-order chi connectivity index (χ0) is 15.0. The summed E-state index contributed by atoms with van der Waals surface area (Å²) in [4.78, 5) is 18.8. The van der Waals surface area contributed by atoms with Gasteiger partial charge in [-0.05, 0) is 19.1 Å². The summed E-state index contributed by atoms with van der Waals surface area (Å²) in [5.41, 5.74) is 2.01. The van der Waals surface area contributed by atoms with Crippen molar-refractivity contribution < 1.29 is 4.92 Å². The van der Waals surface area contributed by atoms with E-state index in [-0.39, 0.29) is 11.5 Å². The molecule has 7 nitrogen and oxygen atoms in total. The van der Waals surface area contributed by atoms with Gasteiger partial charge in [-0.15, -0.1) is 0 Å². The topological polar surface area (TPSA) is 97.6 Å². The minimum atomic E-state index is -0.456. The first-order chi connectivity index (χ1) is 10.1. The van der Waals surface area contributed by atoms with Crippen LogP contribution in [-0.2, 0) is 0 Å². The van der Waals surface area contributed by atoms with Crippen LogP contribution in [0.4, 0.5) is 5.69 Å². The smallest absolute Gasteiger partial charge is 0.270 e. The first-order valence-electron chi connectivity index (χ1n) is 6.10. The largest absolute Gasteiger partial charge is 0.291 e. The Bertz CT molecular complexity index is 907. The van der Waals surface area contributed by atoms with Gasteiger partial charge in [0, 0.05) is 35.6 Å². The van der Waals surface area contributed by atoms with Gasteiger partial charge in [0.05, 0.1) is 16.1 Å². The molecule has 102 valence electrons. The summed E-state index contributed by atoms with van der Waals surface area (Å²) >= 11 is 0. The second-order valence-electron chi connectivity index (χ2n) is 4.47. The molecule has 0 radical (unpaired) electrons. The van der Waals surface area contributed by atoms with Crippen LogP contribution < -0.4 is 0 Å². The first-order valence-corrected chi connectivity index (χ1v) is 6.10. The van der Waals surface area contributed by atoms with Gasteiger partial charge in [0.25, 0.3) is 5.69 Å². The highest BCUT2D eigenvalue weighted by molar-refractivity contribution is 5.89. The molecule has 0 fully saturated rings. The maximum absolute atomic E-state index is 10.9. The second kappa shape index (κ2) is 4.68. The number of aryl methyl sites for hydroxylation is 1. The summed E-state index contributed by atoms with van der Waals surface area (Å²) in [5, 5.41) is 20.6. The van der Waals surface area contributed by atoms with E-state index < -0.39 is 4.92 Å². The Kier molecular flexibility index (Phi) is 2.84. The molecule has 0 aliphatic heterocycles. The third-order valence-electron chi connectivity index (χ3n) is 3.11. The Morgan fingerprint density at radius 2 is 2.19 bits per heavy atom. The van der Waals surface area contributed by atoms with E-state index >= 15 is 0 Å². The van der Waals surface area contributed by atoms with Crippen molar-refractivity contribution in [1.82, 2.24) is 14.5 Å². The number of benzene rings is 1. The van der Waals surface area contributed by atoms with Crippen molar-refractivity contribution in [3.8, 4) is 11.8 Å². The molecular weight excluding hydrogens is 270 g/mol. The lowest BCUT2D eigenvalue weighted by Gasteiger charge is -2.09. The van der Waals surface area contributed by atoms with E-state index in [2.05, 4.69) is 9.97 Å². The van der Waals surface area contributed by atoms with Crippen molar-refractivity contribution in [1.29, 1.82) is 5.26 Å². The van der Waals surface area contributed by atoms with E-state index in [1.54, 1.807) is 22.9 Å². The zero-order valence-electron chi connectivity index (χ0n) is 11.0. The molecular formula is C14H9N5O2. The van der Waals surface area contributed by atoms with Crippen LogP contribution in [0.5, 0.6) is 0 Å². The van der Waals surface area contributed by atoms with E-state index in [1.165, 1.54) is 18.3 Å². The standard InChI is InChI=1S/C14H9N5O2/c1-9-6-13(18-5-4-16-14(18)8-15)11-7-10(19(20)21)2-3-12(11)17-9/h2-7H,1H3. The van der Waals surface area contributed by atoms with Gasteiger partial charge < -0.3 is 0 Å². The van der Waals surface area contributed by atoms with E-state index in [0.717, 1.165) is 5.69 Å². The molecule has 0 amide bonds. The van der Waals surface area contributed by atoms with Crippen LogP contribution in [0.3, 0.4) is 0 Å². The molecule has 0 bridgehead atoms. The van der Waals surface area contributed by atoms with Gasteiger partial charge in [0.15, 0.2) is 0 Å². The minimum absolute atomic E-state index is 0.0203. The van der Waals surface area contributed by atoms with Crippen molar-refractivity contribution in [3.63, 3.8) is 0 Å². The Morgan fingerprint density at radius 1 is 1.38 bits per heavy atom. The summed E-state index contributed by atoms with van der Waals surface area (Å²) in [5.74, 6) is 0.216. The van der Waals surface area contributed by atoms with Gasteiger partial charge in [-0.2, -0.15) is 5.26 Å². The fourth-order valence-electron chi connectivity index (χ4n) is 2.22. The van der Waals surface area contributed by atoms with Crippen molar-refractivity contribution in [2.45, 2.75) is 6.92 Å². The normalized spacial score (nSPS) is 10.5. The third-order valence-corrected chi connectivity index (χ3v) is 3.11. The number of nitro benzene ring substituents is 1.